The van der Waals surface area contributed by atoms with Crippen LogP contribution in [0.2, 0.25) is 5.15 Å². The molecule has 0 aliphatic carbocycles. The Balaban J connectivity index is 1.63. The molecule has 9 heteroatoms. The fourth-order valence-corrected chi connectivity index (χ4v) is 2.55. The highest BCUT2D eigenvalue weighted by Gasteiger charge is 2.10. The van der Waals surface area contributed by atoms with E-state index in [1.165, 1.54) is 4.68 Å². The molecule has 0 unspecified atom stereocenters. The van der Waals surface area contributed by atoms with Crippen LogP contribution in [0.15, 0.2) is 36.8 Å². The molecule has 0 saturated heterocycles. The van der Waals surface area contributed by atoms with Crippen molar-refractivity contribution in [1.29, 1.82) is 0 Å². The molecule has 0 aliphatic heterocycles. The van der Waals surface area contributed by atoms with E-state index in [1.54, 1.807) is 12.4 Å². The average Bonchev–Trinajstić information content (AvgIpc) is 3.14. The first-order chi connectivity index (χ1) is 11.7. The number of hydrogen-bond acceptors (Lipinski definition) is 5. The summed E-state index contributed by atoms with van der Waals surface area (Å²) < 4.78 is 3.44. The van der Waals surface area contributed by atoms with Gasteiger partial charge in [0.05, 0.1) is 30.7 Å². The normalized spacial score (nSPS) is 10.9. The quantitative estimate of drug-likeness (QED) is 0.589. The van der Waals surface area contributed by atoms with Crippen LogP contribution in [0.4, 0.5) is 5.69 Å². The van der Waals surface area contributed by atoms with Crippen molar-refractivity contribution in [2.45, 2.75) is 13.1 Å². The molecule has 0 aromatic carbocycles. The van der Waals surface area contributed by atoms with Gasteiger partial charge >= 0.3 is 0 Å². The second-order valence-corrected chi connectivity index (χ2v) is 5.49. The van der Waals surface area contributed by atoms with E-state index in [0.717, 1.165) is 17.0 Å². The molecule has 0 fully saturated rings. The van der Waals surface area contributed by atoms with Crippen molar-refractivity contribution >= 4 is 28.8 Å². The minimum atomic E-state index is -0.205. The molecule has 1 amide bonds. The van der Waals surface area contributed by atoms with E-state index in [0.29, 0.717) is 11.7 Å². The molecule has 0 saturated carbocycles. The number of rotatable bonds is 7. The molecule has 3 aromatic rings. The van der Waals surface area contributed by atoms with Crippen molar-refractivity contribution in [2.24, 2.45) is 0 Å². The lowest BCUT2D eigenvalue weighted by molar-refractivity contribution is -0.122. The molecule has 0 atom stereocenters. The van der Waals surface area contributed by atoms with Gasteiger partial charge in [-0.05, 0) is 12.1 Å². The van der Waals surface area contributed by atoms with Crippen molar-refractivity contribution in [3.63, 3.8) is 0 Å². The number of amides is 1. The minimum absolute atomic E-state index is 0.0856. The molecule has 3 aromatic heterocycles. The number of nitrogens with zero attached hydrogens (tertiary/aromatic N) is 4. The topological polar surface area (TPSA) is 96.5 Å². The van der Waals surface area contributed by atoms with Crippen molar-refractivity contribution in [1.82, 2.24) is 24.5 Å². The first-order valence-electron chi connectivity index (χ1n) is 7.42. The van der Waals surface area contributed by atoms with Gasteiger partial charge in [-0.1, -0.05) is 17.7 Å². The van der Waals surface area contributed by atoms with E-state index < -0.39 is 0 Å². The number of pyridine rings is 1. The number of aliphatic hydroxyl groups is 1. The van der Waals surface area contributed by atoms with Crippen LogP contribution in [0.25, 0.3) is 5.65 Å². The van der Waals surface area contributed by atoms with Crippen LogP contribution >= 0.6 is 11.6 Å². The van der Waals surface area contributed by atoms with Gasteiger partial charge in [0.2, 0.25) is 5.91 Å². The largest absolute Gasteiger partial charge is 0.395 e. The van der Waals surface area contributed by atoms with E-state index in [4.69, 9.17) is 16.7 Å². The van der Waals surface area contributed by atoms with Crippen molar-refractivity contribution in [3.05, 3.63) is 47.6 Å². The van der Waals surface area contributed by atoms with Crippen molar-refractivity contribution in [2.75, 3.05) is 18.5 Å². The van der Waals surface area contributed by atoms with Gasteiger partial charge in [-0.25, -0.2) is 4.98 Å². The Bertz CT molecular complexity index is 843. The fourth-order valence-electron chi connectivity index (χ4n) is 2.30. The van der Waals surface area contributed by atoms with Gasteiger partial charge in [-0.2, -0.15) is 5.10 Å². The summed E-state index contributed by atoms with van der Waals surface area (Å²) in [7, 11) is 0. The number of carbonyl (C=O) groups is 1. The van der Waals surface area contributed by atoms with Crippen molar-refractivity contribution < 1.29 is 9.90 Å². The van der Waals surface area contributed by atoms with Crippen LogP contribution in [-0.4, -0.2) is 43.3 Å². The number of imidazole rings is 1. The molecular formula is C15H17ClN6O2. The average molecular weight is 349 g/mol. The maximum Gasteiger partial charge on any atom is 0.241 e. The molecule has 0 spiro atoms. The van der Waals surface area contributed by atoms with E-state index in [9.17, 15) is 4.79 Å². The lowest BCUT2D eigenvalue weighted by atomic mass is 10.4. The molecule has 3 N–H and O–H groups in total. The lowest BCUT2D eigenvalue weighted by Crippen LogP contribution is -2.30. The zero-order chi connectivity index (χ0) is 16.9. The van der Waals surface area contributed by atoms with Crippen LogP contribution in [0.1, 0.15) is 5.69 Å². The second-order valence-electron chi connectivity index (χ2n) is 5.13. The van der Waals surface area contributed by atoms with E-state index in [2.05, 4.69) is 20.7 Å². The maximum absolute atomic E-state index is 11.6. The van der Waals surface area contributed by atoms with E-state index in [1.807, 2.05) is 28.8 Å². The SMILES string of the molecule is O=C(Cn1cc(NCc2c(Cl)nc3ccccn23)cn1)NCCO. The van der Waals surface area contributed by atoms with Gasteiger partial charge < -0.3 is 20.1 Å². The van der Waals surface area contributed by atoms with Crippen LogP contribution in [0, 0.1) is 0 Å². The third-order valence-electron chi connectivity index (χ3n) is 3.41. The summed E-state index contributed by atoms with van der Waals surface area (Å²) in [5, 5.41) is 19.0. The minimum Gasteiger partial charge on any atom is -0.395 e. The van der Waals surface area contributed by atoms with E-state index in [-0.39, 0.29) is 25.6 Å². The van der Waals surface area contributed by atoms with Crippen LogP contribution in [-0.2, 0) is 17.9 Å². The number of carbonyl (C=O) groups excluding carboxylic acids is 1. The zero-order valence-corrected chi connectivity index (χ0v) is 13.6. The highest BCUT2D eigenvalue weighted by atomic mass is 35.5. The number of fused-ring (bicyclic) bond motifs is 1. The molecule has 126 valence electrons. The fraction of sp³-hybridized carbons (Fsp3) is 0.267. The lowest BCUT2D eigenvalue weighted by Gasteiger charge is -2.05. The zero-order valence-electron chi connectivity index (χ0n) is 12.8. The molecule has 0 aliphatic rings. The van der Waals surface area contributed by atoms with Crippen molar-refractivity contribution in [3.8, 4) is 0 Å². The van der Waals surface area contributed by atoms with Gasteiger partial charge in [0.15, 0.2) is 5.15 Å². The summed E-state index contributed by atoms with van der Waals surface area (Å²) in [6, 6.07) is 5.71. The van der Waals surface area contributed by atoms with Crippen LogP contribution < -0.4 is 10.6 Å². The summed E-state index contributed by atoms with van der Waals surface area (Å²) >= 11 is 6.19. The van der Waals surface area contributed by atoms with Gasteiger partial charge in [0, 0.05) is 18.9 Å². The number of aliphatic hydroxyl groups excluding tert-OH is 1. The summed E-state index contributed by atoms with van der Waals surface area (Å²) in [6.07, 6.45) is 5.27. The number of halogens is 1. The molecule has 8 nitrogen and oxygen atoms in total. The molecule has 0 bridgehead atoms. The van der Waals surface area contributed by atoms with Gasteiger partial charge in [0.25, 0.3) is 0 Å². The standard InChI is InChI=1S/C15H17ClN6O2/c16-15-12(22-5-2-1-3-13(22)20-15)8-18-11-7-19-21(9-11)10-14(24)17-4-6-23/h1-3,5,7,9,18,23H,4,6,8,10H2,(H,17,24). The molecular weight excluding hydrogens is 332 g/mol. The second kappa shape index (κ2) is 7.33. The van der Waals surface area contributed by atoms with Gasteiger partial charge in [0.1, 0.15) is 12.2 Å². The molecule has 0 radical (unpaired) electrons. The van der Waals surface area contributed by atoms with Crippen LogP contribution in [0.3, 0.4) is 0 Å². The summed E-state index contributed by atoms with van der Waals surface area (Å²) in [5.41, 5.74) is 2.41. The van der Waals surface area contributed by atoms with Gasteiger partial charge in [-0.3, -0.25) is 9.48 Å². The Morgan fingerprint density at radius 1 is 1.38 bits per heavy atom. The number of nitrogens with one attached hydrogen (secondary N) is 2. The van der Waals surface area contributed by atoms with Crippen LogP contribution in [0.5, 0.6) is 0 Å². The number of hydrogen-bond donors (Lipinski definition) is 3. The number of anilines is 1. The Kier molecular flexibility index (Phi) is 4.97. The third-order valence-corrected chi connectivity index (χ3v) is 3.72. The summed E-state index contributed by atoms with van der Waals surface area (Å²) in [6.45, 7) is 0.722. The first-order valence-corrected chi connectivity index (χ1v) is 7.80. The Hall–Kier alpha value is -2.58. The Labute approximate surface area is 143 Å². The smallest absolute Gasteiger partial charge is 0.241 e. The monoisotopic (exact) mass is 348 g/mol. The highest BCUT2D eigenvalue weighted by molar-refractivity contribution is 6.30. The summed E-state index contributed by atoms with van der Waals surface area (Å²) in [4.78, 5) is 15.9. The summed E-state index contributed by atoms with van der Waals surface area (Å²) in [5.74, 6) is -0.205. The van der Waals surface area contributed by atoms with E-state index >= 15 is 0 Å². The molecule has 3 rings (SSSR count). The van der Waals surface area contributed by atoms with Gasteiger partial charge in [-0.15, -0.1) is 0 Å². The number of aromatic nitrogens is 4. The molecule has 3 heterocycles. The highest BCUT2D eigenvalue weighted by Crippen LogP contribution is 2.19. The Morgan fingerprint density at radius 2 is 2.25 bits per heavy atom. The Morgan fingerprint density at radius 3 is 3.08 bits per heavy atom. The maximum atomic E-state index is 11.6. The predicted molar refractivity (Wildman–Crippen MR) is 89.9 cm³/mol. The predicted octanol–water partition coefficient (Wildman–Crippen LogP) is 0.905. The molecule has 24 heavy (non-hydrogen) atoms. The third kappa shape index (κ3) is 3.66. The first kappa shape index (κ1) is 16.3.